The summed E-state index contributed by atoms with van der Waals surface area (Å²) in [6.45, 7) is 8.80. The number of hydrogen-bond acceptors (Lipinski definition) is 4. The largest absolute Gasteiger partial charge is 0.444 e. The van der Waals surface area contributed by atoms with E-state index in [0.29, 0.717) is 31.6 Å². The molecule has 29 heavy (non-hydrogen) atoms. The molecule has 2 amide bonds. The molecule has 7 heteroatoms. The molecule has 2 heterocycles. The van der Waals surface area contributed by atoms with Gasteiger partial charge >= 0.3 is 6.09 Å². The number of H-pyrrole nitrogens is 1. The third-order valence-electron chi connectivity index (χ3n) is 4.97. The molecule has 3 rings (SSSR count). The van der Waals surface area contributed by atoms with Gasteiger partial charge in [-0.2, -0.15) is 5.10 Å². The smallest absolute Gasteiger partial charge is 0.407 e. The number of nitrogens with zero attached hydrogens (tertiary/aromatic N) is 2. The average molecular weight is 399 g/mol. The Kier molecular flexibility index (Phi) is 6.25. The zero-order valence-electron chi connectivity index (χ0n) is 17.6. The number of likely N-dealkylation sites (tertiary alicyclic amines) is 1. The third-order valence-corrected chi connectivity index (χ3v) is 4.97. The van der Waals surface area contributed by atoms with E-state index in [9.17, 15) is 9.59 Å². The number of alkyl carbamates (subject to hydrolysis) is 1. The Labute approximate surface area is 171 Å². The van der Waals surface area contributed by atoms with Gasteiger partial charge in [-0.15, -0.1) is 0 Å². The molecule has 1 saturated heterocycles. The van der Waals surface area contributed by atoms with E-state index < -0.39 is 11.7 Å². The number of carbonyl (C=O) groups excluding carboxylic acids is 2. The molecule has 1 aromatic heterocycles. The molecule has 1 aliphatic rings. The van der Waals surface area contributed by atoms with Crippen LogP contribution < -0.4 is 5.32 Å². The van der Waals surface area contributed by atoms with Crippen molar-refractivity contribution in [3.05, 3.63) is 41.6 Å². The predicted octanol–water partition coefficient (Wildman–Crippen LogP) is 3.77. The number of piperidine rings is 1. The number of hydrogen-bond donors (Lipinski definition) is 2. The Hall–Kier alpha value is -2.83. The van der Waals surface area contributed by atoms with Crippen molar-refractivity contribution in [2.75, 3.05) is 13.1 Å². The van der Waals surface area contributed by atoms with Crippen molar-refractivity contribution in [2.45, 2.75) is 58.6 Å². The predicted molar refractivity (Wildman–Crippen MR) is 112 cm³/mol. The van der Waals surface area contributed by atoms with Crippen molar-refractivity contribution in [3.63, 3.8) is 0 Å². The molecule has 0 saturated carbocycles. The molecule has 2 N–H and O–H groups in total. The second-order valence-electron chi connectivity index (χ2n) is 8.43. The molecule has 7 nitrogen and oxygen atoms in total. The van der Waals surface area contributed by atoms with Crippen molar-refractivity contribution in [2.24, 2.45) is 0 Å². The van der Waals surface area contributed by atoms with Crippen LogP contribution in [-0.2, 0) is 11.2 Å². The summed E-state index contributed by atoms with van der Waals surface area (Å²) in [4.78, 5) is 26.5. The molecule has 156 valence electrons. The summed E-state index contributed by atoms with van der Waals surface area (Å²) in [5, 5.41) is 10.1. The molecular weight excluding hydrogens is 368 g/mol. The van der Waals surface area contributed by atoms with Crippen LogP contribution in [0, 0.1) is 0 Å². The number of aryl methyl sites for hydroxylation is 1. The van der Waals surface area contributed by atoms with Gasteiger partial charge in [0.05, 0.1) is 5.69 Å². The first-order valence-electron chi connectivity index (χ1n) is 10.2. The van der Waals surface area contributed by atoms with E-state index in [-0.39, 0.29) is 11.9 Å². The van der Waals surface area contributed by atoms with Gasteiger partial charge in [0.15, 0.2) is 0 Å². The number of nitrogens with one attached hydrogen (secondary N) is 2. The maximum absolute atomic E-state index is 12.8. The Balaban J connectivity index is 1.54. The van der Waals surface area contributed by atoms with Gasteiger partial charge < -0.3 is 15.0 Å². The fourth-order valence-corrected chi connectivity index (χ4v) is 3.36. The standard InChI is InChI=1S/C22H30N4O3/c1-5-15-6-8-16(9-7-15)18-14-19(25-24-18)20(27)26-12-10-17(11-13-26)23-21(28)29-22(2,3)4/h6-9,14,17H,5,10-13H2,1-4H3,(H,23,28)(H,24,25). The third kappa shape index (κ3) is 5.59. The van der Waals surface area contributed by atoms with Crippen LogP contribution in [0.25, 0.3) is 11.3 Å². The Morgan fingerprint density at radius 3 is 2.45 bits per heavy atom. The molecule has 2 aromatic rings. The highest BCUT2D eigenvalue weighted by molar-refractivity contribution is 5.93. The van der Waals surface area contributed by atoms with Crippen LogP contribution in [0.2, 0.25) is 0 Å². The highest BCUT2D eigenvalue weighted by Gasteiger charge is 2.27. The van der Waals surface area contributed by atoms with E-state index in [0.717, 1.165) is 17.7 Å². The summed E-state index contributed by atoms with van der Waals surface area (Å²) in [6.07, 6.45) is 1.98. The van der Waals surface area contributed by atoms with E-state index in [2.05, 4.69) is 34.6 Å². The minimum absolute atomic E-state index is 0.0170. The summed E-state index contributed by atoms with van der Waals surface area (Å²) >= 11 is 0. The fraction of sp³-hybridized carbons (Fsp3) is 0.500. The zero-order chi connectivity index (χ0) is 21.0. The molecule has 1 aromatic carbocycles. The first-order valence-corrected chi connectivity index (χ1v) is 10.2. The van der Waals surface area contributed by atoms with Crippen molar-refractivity contribution in [3.8, 4) is 11.3 Å². The van der Waals surface area contributed by atoms with E-state index in [1.807, 2.05) is 32.9 Å². The molecule has 0 radical (unpaired) electrons. The van der Waals surface area contributed by atoms with E-state index >= 15 is 0 Å². The number of amides is 2. The number of ether oxygens (including phenoxy) is 1. The topological polar surface area (TPSA) is 87.3 Å². The summed E-state index contributed by atoms with van der Waals surface area (Å²) < 4.78 is 5.30. The number of rotatable bonds is 4. The van der Waals surface area contributed by atoms with Crippen LogP contribution >= 0.6 is 0 Å². The maximum Gasteiger partial charge on any atom is 0.407 e. The van der Waals surface area contributed by atoms with E-state index in [4.69, 9.17) is 4.74 Å². The van der Waals surface area contributed by atoms with Crippen LogP contribution in [0.3, 0.4) is 0 Å². The average Bonchev–Trinajstić information content (AvgIpc) is 3.17. The number of benzene rings is 1. The first-order chi connectivity index (χ1) is 13.7. The summed E-state index contributed by atoms with van der Waals surface area (Å²) in [5.41, 5.74) is 2.98. The summed E-state index contributed by atoms with van der Waals surface area (Å²) in [6, 6.07) is 10.0. The zero-order valence-corrected chi connectivity index (χ0v) is 17.6. The van der Waals surface area contributed by atoms with E-state index in [1.54, 1.807) is 11.0 Å². The lowest BCUT2D eigenvalue weighted by Gasteiger charge is -2.32. The van der Waals surface area contributed by atoms with Crippen LogP contribution in [0.4, 0.5) is 4.79 Å². The molecule has 0 unspecified atom stereocenters. The van der Waals surface area contributed by atoms with Gasteiger partial charge in [-0.05, 0) is 51.7 Å². The summed E-state index contributed by atoms with van der Waals surface area (Å²) in [5.74, 6) is -0.0651. The molecular formula is C22H30N4O3. The summed E-state index contributed by atoms with van der Waals surface area (Å²) in [7, 11) is 0. The molecule has 0 bridgehead atoms. The lowest BCUT2D eigenvalue weighted by molar-refractivity contribution is 0.0473. The monoisotopic (exact) mass is 398 g/mol. The van der Waals surface area contributed by atoms with Crippen LogP contribution in [0.1, 0.15) is 56.6 Å². The van der Waals surface area contributed by atoms with Gasteiger partial charge in [0.1, 0.15) is 11.3 Å². The number of aromatic amines is 1. The normalized spacial score (nSPS) is 15.2. The second kappa shape index (κ2) is 8.68. The highest BCUT2D eigenvalue weighted by Crippen LogP contribution is 2.20. The molecule has 0 atom stereocenters. The fourth-order valence-electron chi connectivity index (χ4n) is 3.36. The SMILES string of the molecule is CCc1ccc(-c2cc(C(=O)N3CCC(NC(=O)OC(C)(C)C)CC3)[nH]n2)cc1. The second-order valence-corrected chi connectivity index (χ2v) is 8.43. The molecule has 1 fully saturated rings. The number of aromatic nitrogens is 2. The van der Waals surface area contributed by atoms with Crippen LogP contribution in [-0.4, -0.2) is 51.8 Å². The van der Waals surface area contributed by atoms with Gasteiger partial charge in [-0.1, -0.05) is 31.2 Å². The van der Waals surface area contributed by atoms with Crippen LogP contribution in [0.5, 0.6) is 0 Å². The van der Waals surface area contributed by atoms with Crippen molar-refractivity contribution in [1.82, 2.24) is 20.4 Å². The van der Waals surface area contributed by atoms with Gasteiger partial charge in [0.25, 0.3) is 5.91 Å². The minimum atomic E-state index is -0.518. The Morgan fingerprint density at radius 1 is 1.21 bits per heavy atom. The van der Waals surface area contributed by atoms with Crippen molar-refractivity contribution < 1.29 is 14.3 Å². The maximum atomic E-state index is 12.8. The van der Waals surface area contributed by atoms with Gasteiger partial charge in [-0.3, -0.25) is 9.89 Å². The Bertz CT molecular complexity index is 844. The molecule has 1 aliphatic heterocycles. The quantitative estimate of drug-likeness (QED) is 0.821. The number of carbonyl (C=O) groups is 2. The van der Waals surface area contributed by atoms with Gasteiger partial charge in [0, 0.05) is 24.7 Å². The molecule has 0 spiro atoms. The molecule has 0 aliphatic carbocycles. The van der Waals surface area contributed by atoms with Gasteiger partial charge in [0.2, 0.25) is 0 Å². The van der Waals surface area contributed by atoms with Crippen LogP contribution in [0.15, 0.2) is 30.3 Å². The first kappa shape index (κ1) is 20.9. The highest BCUT2D eigenvalue weighted by atomic mass is 16.6. The Morgan fingerprint density at radius 2 is 1.86 bits per heavy atom. The lowest BCUT2D eigenvalue weighted by Crippen LogP contribution is -2.47. The lowest BCUT2D eigenvalue weighted by atomic mass is 10.0. The minimum Gasteiger partial charge on any atom is -0.444 e. The van der Waals surface area contributed by atoms with Crippen molar-refractivity contribution >= 4 is 12.0 Å². The van der Waals surface area contributed by atoms with Crippen molar-refractivity contribution in [1.29, 1.82) is 0 Å². The van der Waals surface area contributed by atoms with E-state index in [1.165, 1.54) is 5.56 Å². The van der Waals surface area contributed by atoms with Gasteiger partial charge in [-0.25, -0.2) is 4.79 Å².